The molecule has 0 bridgehead atoms. The summed E-state index contributed by atoms with van der Waals surface area (Å²) in [5.41, 5.74) is 0.869. The average Bonchev–Trinajstić information content (AvgIpc) is 2.71. The van der Waals surface area contributed by atoms with Gasteiger partial charge in [-0.15, -0.1) is 0 Å². The van der Waals surface area contributed by atoms with Crippen LogP contribution in [0.3, 0.4) is 0 Å². The zero-order chi connectivity index (χ0) is 12.4. The normalized spacial score (nSPS) is 12.6. The first kappa shape index (κ1) is 12.0. The van der Waals surface area contributed by atoms with Gasteiger partial charge in [0, 0.05) is 18.4 Å². The lowest BCUT2D eigenvalue weighted by Crippen LogP contribution is -2.34. The van der Waals surface area contributed by atoms with Gasteiger partial charge in [-0.2, -0.15) is 5.10 Å². The molecular formula is C10H11BrN4O2. The maximum Gasteiger partial charge on any atom is 0.257 e. The van der Waals surface area contributed by atoms with E-state index in [1.807, 2.05) is 0 Å². The quantitative estimate of drug-likeness (QED) is 0.870. The Bertz CT molecular complexity index is 554. The summed E-state index contributed by atoms with van der Waals surface area (Å²) in [6, 6.07) is -0.298. The lowest BCUT2D eigenvalue weighted by atomic mass is 10.3. The Morgan fingerprint density at radius 3 is 3.12 bits per heavy atom. The molecule has 7 heteroatoms. The Hall–Kier alpha value is -1.47. The number of rotatable bonds is 3. The summed E-state index contributed by atoms with van der Waals surface area (Å²) >= 11 is 3.27. The van der Waals surface area contributed by atoms with Crippen LogP contribution in [0.25, 0.3) is 5.65 Å². The Kier molecular flexibility index (Phi) is 3.39. The van der Waals surface area contributed by atoms with Crippen LogP contribution in [0.15, 0.2) is 23.1 Å². The first-order chi connectivity index (χ1) is 8.11. The number of hydrogen-bond donors (Lipinski definition) is 2. The van der Waals surface area contributed by atoms with E-state index in [2.05, 4.69) is 31.3 Å². The van der Waals surface area contributed by atoms with Crippen molar-refractivity contribution in [3.05, 3.63) is 28.6 Å². The number of halogens is 1. The van der Waals surface area contributed by atoms with Gasteiger partial charge < -0.3 is 10.4 Å². The summed E-state index contributed by atoms with van der Waals surface area (Å²) in [6.07, 6.45) is 4.77. The fourth-order valence-corrected chi connectivity index (χ4v) is 1.66. The molecule has 0 spiro atoms. The van der Waals surface area contributed by atoms with E-state index in [-0.39, 0.29) is 18.6 Å². The van der Waals surface area contributed by atoms with Gasteiger partial charge in [-0.05, 0) is 22.9 Å². The summed E-state index contributed by atoms with van der Waals surface area (Å²) in [7, 11) is 0. The van der Waals surface area contributed by atoms with Crippen LogP contribution in [0.4, 0.5) is 0 Å². The average molecular weight is 299 g/mol. The monoisotopic (exact) mass is 298 g/mol. The predicted molar refractivity (Wildman–Crippen MR) is 64.7 cm³/mol. The maximum absolute atomic E-state index is 11.8. The number of carbonyl (C=O) groups excluding carboxylic acids is 1. The molecule has 0 fully saturated rings. The minimum absolute atomic E-state index is 0.107. The van der Waals surface area contributed by atoms with Gasteiger partial charge in [-0.3, -0.25) is 4.79 Å². The van der Waals surface area contributed by atoms with Crippen LogP contribution in [0.2, 0.25) is 0 Å². The van der Waals surface area contributed by atoms with Crippen LogP contribution in [-0.4, -0.2) is 38.3 Å². The molecule has 1 atom stereocenters. The molecule has 2 heterocycles. The van der Waals surface area contributed by atoms with E-state index in [1.165, 1.54) is 10.7 Å². The molecule has 2 rings (SSSR count). The van der Waals surface area contributed by atoms with Crippen LogP contribution in [-0.2, 0) is 0 Å². The fourth-order valence-electron chi connectivity index (χ4n) is 1.36. The summed E-state index contributed by atoms with van der Waals surface area (Å²) < 4.78 is 2.30. The van der Waals surface area contributed by atoms with E-state index >= 15 is 0 Å². The van der Waals surface area contributed by atoms with Crippen molar-refractivity contribution in [2.75, 3.05) is 6.61 Å². The fraction of sp³-hybridized carbons (Fsp3) is 0.300. The summed E-state index contributed by atoms with van der Waals surface area (Å²) in [5, 5.41) is 15.6. The van der Waals surface area contributed by atoms with E-state index in [4.69, 9.17) is 5.11 Å². The molecule has 0 aliphatic rings. The number of aliphatic hydroxyl groups is 1. The molecule has 2 N–H and O–H groups in total. The summed E-state index contributed by atoms with van der Waals surface area (Å²) in [5.74, 6) is -0.295. The Morgan fingerprint density at radius 2 is 2.41 bits per heavy atom. The van der Waals surface area contributed by atoms with Crippen LogP contribution in [0, 0.1) is 0 Å². The van der Waals surface area contributed by atoms with Crippen molar-refractivity contribution >= 4 is 27.5 Å². The van der Waals surface area contributed by atoms with Gasteiger partial charge in [0.25, 0.3) is 5.91 Å². The van der Waals surface area contributed by atoms with Gasteiger partial charge in [0.15, 0.2) is 5.65 Å². The second kappa shape index (κ2) is 4.80. The van der Waals surface area contributed by atoms with Crippen molar-refractivity contribution in [2.45, 2.75) is 13.0 Å². The third kappa shape index (κ3) is 2.45. The molecule has 0 radical (unpaired) electrons. The molecule has 0 saturated carbocycles. The maximum atomic E-state index is 11.8. The van der Waals surface area contributed by atoms with Crippen molar-refractivity contribution in [2.24, 2.45) is 0 Å². The number of nitrogens with one attached hydrogen (secondary N) is 1. The highest BCUT2D eigenvalue weighted by Gasteiger charge is 2.15. The number of aliphatic hydroxyl groups excluding tert-OH is 1. The van der Waals surface area contributed by atoms with Crippen LogP contribution in [0.5, 0.6) is 0 Å². The summed E-state index contributed by atoms with van der Waals surface area (Å²) in [6.45, 7) is 1.61. The number of hydrogen-bond acceptors (Lipinski definition) is 4. The van der Waals surface area contributed by atoms with Gasteiger partial charge in [0.05, 0.1) is 17.3 Å². The first-order valence-corrected chi connectivity index (χ1v) is 5.81. The lowest BCUT2D eigenvalue weighted by Gasteiger charge is -2.09. The molecule has 0 saturated heterocycles. The number of nitrogens with zero attached hydrogens (tertiary/aromatic N) is 3. The zero-order valence-electron chi connectivity index (χ0n) is 9.09. The predicted octanol–water partition coefficient (Wildman–Crippen LogP) is 0.602. The lowest BCUT2D eigenvalue weighted by molar-refractivity contribution is 0.0924. The van der Waals surface area contributed by atoms with E-state index in [0.29, 0.717) is 11.2 Å². The smallest absolute Gasteiger partial charge is 0.257 e. The molecular weight excluding hydrogens is 288 g/mol. The molecule has 0 aliphatic carbocycles. The highest BCUT2D eigenvalue weighted by Crippen LogP contribution is 2.12. The first-order valence-electron chi connectivity index (χ1n) is 5.02. The van der Waals surface area contributed by atoms with E-state index in [0.717, 1.165) is 4.47 Å². The number of fused-ring (bicyclic) bond motifs is 1. The topological polar surface area (TPSA) is 79.5 Å². The van der Waals surface area contributed by atoms with Gasteiger partial charge in [0.2, 0.25) is 0 Å². The molecule has 0 aromatic carbocycles. The number of aromatic nitrogens is 3. The van der Waals surface area contributed by atoms with E-state index in [1.54, 1.807) is 19.3 Å². The molecule has 1 unspecified atom stereocenters. The second-order valence-corrected chi connectivity index (χ2v) is 4.57. The Balaban J connectivity index is 2.33. The molecule has 2 aromatic rings. The van der Waals surface area contributed by atoms with Crippen LogP contribution >= 0.6 is 15.9 Å². The molecule has 0 aliphatic heterocycles. The minimum Gasteiger partial charge on any atom is -0.394 e. The Labute approximate surface area is 106 Å². The highest BCUT2D eigenvalue weighted by molar-refractivity contribution is 9.10. The van der Waals surface area contributed by atoms with Crippen molar-refractivity contribution in [3.63, 3.8) is 0 Å². The van der Waals surface area contributed by atoms with Crippen molar-refractivity contribution in [1.82, 2.24) is 19.9 Å². The Morgan fingerprint density at radius 1 is 1.65 bits per heavy atom. The molecule has 17 heavy (non-hydrogen) atoms. The number of amides is 1. The van der Waals surface area contributed by atoms with Crippen molar-refractivity contribution in [1.29, 1.82) is 0 Å². The SMILES string of the molecule is CC(CO)NC(=O)c1cnn2cc(Br)cnc12. The second-order valence-electron chi connectivity index (χ2n) is 3.66. The van der Waals surface area contributed by atoms with Crippen molar-refractivity contribution in [3.8, 4) is 0 Å². The van der Waals surface area contributed by atoms with Gasteiger partial charge >= 0.3 is 0 Å². The third-order valence-electron chi connectivity index (χ3n) is 2.22. The minimum atomic E-state index is -0.298. The van der Waals surface area contributed by atoms with Crippen LogP contribution < -0.4 is 5.32 Å². The molecule has 1 amide bonds. The zero-order valence-corrected chi connectivity index (χ0v) is 10.7. The van der Waals surface area contributed by atoms with E-state index in [9.17, 15) is 4.79 Å². The standard InChI is InChI=1S/C10H11BrN4O2/c1-6(5-16)14-10(17)8-3-13-15-4-7(11)2-12-9(8)15/h2-4,6,16H,5H2,1H3,(H,14,17). The molecule has 6 nitrogen and oxygen atoms in total. The van der Waals surface area contributed by atoms with Gasteiger partial charge in [-0.1, -0.05) is 0 Å². The third-order valence-corrected chi connectivity index (χ3v) is 2.63. The van der Waals surface area contributed by atoms with Crippen molar-refractivity contribution < 1.29 is 9.90 Å². The highest BCUT2D eigenvalue weighted by atomic mass is 79.9. The molecule has 2 aromatic heterocycles. The van der Waals surface area contributed by atoms with E-state index < -0.39 is 0 Å². The largest absolute Gasteiger partial charge is 0.394 e. The summed E-state index contributed by atoms with van der Waals surface area (Å²) in [4.78, 5) is 16.0. The number of carbonyl (C=O) groups is 1. The van der Waals surface area contributed by atoms with Gasteiger partial charge in [-0.25, -0.2) is 9.50 Å². The molecule has 90 valence electrons. The van der Waals surface area contributed by atoms with Crippen LogP contribution in [0.1, 0.15) is 17.3 Å². The van der Waals surface area contributed by atoms with Gasteiger partial charge in [0.1, 0.15) is 5.56 Å².